The lowest BCUT2D eigenvalue weighted by Crippen LogP contribution is -2.49. The van der Waals surface area contributed by atoms with Crippen LogP contribution in [0.5, 0.6) is 0 Å². The molecule has 6 nitrogen and oxygen atoms in total. The fourth-order valence-electron chi connectivity index (χ4n) is 2.35. The van der Waals surface area contributed by atoms with E-state index in [1.54, 1.807) is 12.3 Å². The Kier molecular flexibility index (Phi) is 3.77. The van der Waals surface area contributed by atoms with Gasteiger partial charge in [0.05, 0.1) is 5.69 Å². The highest BCUT2D eigenvalue weighted by Crippen LogP contribution is 2.13. The molecule has 3 heterocycles. The first-order chi connectivity index (χ1) is 10.2. The van der Waals surface area contributed by atoms with Crippen molar-refractivity contribution in [3.05, 3.63) is 47.9 Å². The van der Waals surface area contributed by atoms with E-state index in [9.17, 15) is 4.79 Å². The highest BCUT2D eigenvalue weighted by Gasteiger charge is 2.23. The third-order valence-electron chi connectivity index (χ3n) is 3.56. The predicted molar refractivity (Wildman–Crippen MR) is 79.1 cm³/mol. The third kappa shape index (κ3) is 2.99. The largest absolute Gasteiger partial charge is 0.353 e. The number of aromatic nitrogens is 3. The van der Waals surface area contributed by atoms with Crippen LogP contribution in [0.25, 0.3) is 0 Å². The molecular weight excluding hydrogens is 266 g/mol. The normalized spacial score (nSPS) is 15.1. The second-order valence-corrected chi connectivity index (χ2v) is 5.03. The highest BCUT2D eigenvalue weighted by atomic mass is 16.2. The Balaban J connectivity index is 1.63. The van der Waals surface area contributed by atoms with Crippen LogP contribution in [0.4, 0.5) is 5.82 Å². The van der Waals surface area contributed by atoms with E-state index in [1.165, 1.54) is 0 Å². The zero-order valence-corrected chi connectivity index (χ0v) is 11.9. The number of rotatable bonds is 2. The summed E-state index contributed by atoms with van der Waals surface area (Å²) in [4.78, 5) is 20.7. The van der Waals surface area contributed by atoms with Crippen LogP contribution >= 0.6 is 0 Å². The van der Waals surface area contributed by atoms with Crippen LogP contribution < -0.4 is 4.90 Å². The standard InChI is InChI=1S/C15H17N5O/c1-12-5-6-13(18-17-12)15(21)20-10-8-19(9-11-20)14-4-2-3-7-16-14/h2-7H,8-11H2,1H3. The number of carbonyl (C=O) groups excluding carboxylic acids is 1. The lowest BCUT2D eigenvalue weighted by molar-refractivity contribution is 0.0739. The lowest BCUT2D eigenvalue weighted by atomic mass is 10.2. The molecule has 1 aliphatic heterocycles. The summed E-state index contributed by atoms with van der Waals surface area (Å²) >= 11 is 0. The van der Waals surface area contributed by atoms with Crippen molar-refractivity contribution in [2.24, 2.45) is 0 Å². The number of anilines is 1. The fraction of sp³-hybridized carbons (Fsp3) is 0.333. The minimum absolute atomic E-state index is 0.0526. The first-order valence-electron chi connectivity index (χ1n) is 6.99. The molecule has 2 aromatic heterocycles. The van der Waals surface area contributed by atoms with Crippen LogP contribution in [0.15, 0.2) is 36.5 Å². The van der Waals surface area contributed by atoms with Gasteiger partial charge in [-0.2, -0.15) is 5.10 Å². The van der Waals surface area contributed by atoms with E-state index in [1.807, 2.05) is 36.1 Å². The van der Waals surface area contributed by atoms with Gasteiger partial charge in [0.15, 0.2) is 5.69 Å². The molecule has 0 radical (unpaired) electrons. The van der Waals surface area contributed by atoms with Gasteiger partial charge >= 0.3 is 0 Å². The van der Waals surface area contributed by atoms with Crippen molar-refractivity contribution in [3.8, 4) is 0 Å². The summed E-state index contributed by atoms with van der Waals surface area (Å²) in [7, 11) is 0. The molecule has 0 aliphatic carbocycles. The molecule has 0 aromatic carbocycles. The molecule has 0 saturated carbocycles. The molecule has 1 aliphatic rings. The van der Waals surface area contributed by atoms with Gasteiger partial charge in [0.1, 0.15) is 5.82 Å². The smallest absolute Gasteiger partial charge is 0.274 e. The Bertz CT molecular complexity index is 606. The van der Waals surface area contributed by atoms with Crippen molar-refractivity contribution in [2.75, 3.05) is 31.1 Å². The van der Waals surface area contributed by atoms with Crippen LogP contribution in [0.2, 0.25) is 0 Å². The molecule has 1 saturated heterocycles. The number of amides is 1. The zero-order chi connectivity index (χ0) is 14.7. The molecule has 1 amide bonds. The van der Waals surface area contributed by atoms with Gasteiger partial charge in [-0.25, -0.2) is 4.98 Å². The number of hydrogen-bond acceptors (Lipinski definition) is 5. The summed E-state index contributed by atoms with van der Waals surface area (Å²) in [5, 5.41) is 7.90. The maximum Gasteiger partial charge on any atom is 0.274 e. The molecule has 0 unspecified atom stereocenters. The van der Waals surface area contributed by atoms with Gasteiger partial charge in [-0.15, -0.1) is 5.10 Å². The molecule has 0 N–H and O–H groups in total. The topological polar surface area (TPSA) is 62.2 Å². The molecule has 3 rings (SSSR count). The molecule has 2 aromatic rings. The first kappa shape index (κ1) is 13.5. The summed E-state index contributed by atoms with van der Waals surface area (Å²) in [5.41, 5.74) is 1.22. The molecule has 21 heavy (non-hydrogen) atoms. The van der Waals surface area contributed by atoms with Gasteiger partial charge in [-0.1, -0.05) is 6.07 Å². The molecule has 0 spiro atoms. The Labute approximate surface area is 123 Å². The number of piperazine rings is 1. The second kappa shape index (κ2) is 5.87. The van der Waals surface area contributed by atoms with Crippen LogP contribution in [-0.2, 0) is 0 Å². The van der Waals surface area contributed by atoms with Crippen LogP contribution in [0.1, 0.15) is 16.2 Å². The Hall–Kier alpha value is -2.50. The summed E-state index contributed by atoms with van der Waals surface area (Å²) in [6.45, 7) is 4.76. The van der Waals surface area contributed by atoms with Crippen molar-refractivity contribution < 1.29 is 4.79 Å². The third-order valence-corrected chi connectivity index (χ3v) is 3.56. The maximum atomic E-state index is 12.3. The molecule has 0 bridgehead atoms. The van der Waals surface area contributed by atoms with Gasteiger partial charge in [0.25, 0.3) is 5.91 Å². The van der Waals surface area contributed by atoms with E-state index in [4.69, 9.17) is 0 Å². The van der Waals surface area contributed by atoms with Crippen molar-refractivity contribution in [3.63, 3.8) is 0 Å². The van der Waals surface area contributed by atoms with E-state index < -0.39 is 0 Å². The van der Waals surface area contributed by atoms with E-state index in [0.29, 0.717) is 18.8 Å². The monoisotopic (exact) mass is 283 g/mol. The maximum absolute atomic E-state index is 12.3. The van der Waals surface area contributed by atoms with E-state index in [2.05, 4.69) is 20.1 Å². The molecule has 6 heteroatoms. The van der Waals surface area contributed by atoms with Gasteiger partial charge in [-0.05, 0) is 31.2 Å². The summed E-state index contributed by atoms with van der Waals surface area (Å²) < 4.78 is 0. The molecular formula is C15H17N5O. The fourth-order valence-corrected chi connectivity index (χ4v) is 2.35. The van der Waals surface area contributed by atoms with Gasteiger partial charge in [-0.3, -0.25) is 4.79 Å². The highest BCUT2D eigenvalue weighted by molar-refractivity contribution is 5.92. The van der Waals surface area contributed by atoms with Crippen LogP contribution in [0.3, 0.4) is 0 Å². The first-order valence-corrected chi connectivity index (χ1v) is 6.99. The Morgan fingerprint density at radius 2 is 1.86 bits per heavy atom. The minimum atomic E-state index is -0.0526. The van der Waals surface area contributed by atoms with Crippen LogP contribution in [-0.4, -0.2) is 52.2 Å². The number of carbonyl (C=O) groups is 1. The molecule has 0 atom stereocenters. The van der Waals surface area contributed by atoms with Crippen molar-refractivity contribution >= 4 is 11.7 Å². The second-order valence-electron chi connectivity index (χ2n) is 5.03. The SMILES string of the molecule is Cc1ccc(C(=O)N2CCN(c3ccccn3)CC2)nn1. The van der Waals surface area contributed by atoms with Crippen molar-refractivity contribution in [1.29, 1.82) is 0 Å². The summed E-state index contributed by atoms with van der Waals surface area (Å²) in [5.74, 6) is 0.905. The Morgan fingerprint density at radius 3 is 2.48 bits per heavy atom. The van der Waals surface area contributed by atoms with E-state index >= 15 is 0 Å². The van der Waals surface area contributed by atoms with E-state index in [0.717, 1.165) is 24.6 Å². The summed E-state index contributed by atoms with van der Waals surface area (Å²) in [6.07, 6.45) is 1.79. The van der Waals surface area contributed by atoms with Crippen LogP contribution in [0, 0.1) is 6.92 Å². The van der Waals surface area contributed by atoms with Gasteiger partial charge < -0.3 is 9.80 Å². The number of nitrogens with zero attached hydrogens (tertiary/aromatic N) is 5. The minimum Gasteiger partial charge on any atom is -0.353 e. The zero-order valence-electron chi connectivity index (χ0n) is 11.9. The number of hydrogen-bond donors (Lipinski definition) is 0. The molecule has 108 valence electrons. The Morgan fingerprint density at radius 1 is 1.05 bits per heavy atom. The van der Waals surface area contributed by atoms with Gasteiger partial charge in [0, 0.05) is 32.4 Å². The number of pyridine rings is 1. The summed E-state index contributed by atoms with van der Waals surface area (Å²) in [6, 6.07) is 9.41. The molecule has 1 fully saturated rings. The lowest BCUT2D eigenvalue weighted by Gasteiger charge is -2.35. The number of aryl methyl sites for hydroxylation is 1. The predicted octanol–water partition coefficient (Wildman–Crippen LogP) is 1.14. The van der Waals surface area contributed by atoms with Gasteiger partial charge in [0.2, 0.25) is 0 Å². The van der Waals surface area contributed by atoms with Crippen molar-refractivity contribution in [2.45, 2.75) is 6.92 Å². The van der Waals surface area contributed by atoms with Crippen molar-refractivity contribution in [1.82, 2.24) is 20.1 Å². The average Bonchev–Trinajstić information content (AvgIpc) is 2.56. The van der Waals surface area contributed by atoms with E-state index in [-0.39, 0.29) is 5.91 Å². The average molecular weight is 283 g/mol. The quantitative estimate of drug-likeness (QED) is 0.827.